The van der Waals surface area contributed by atoms with Gasteiger partial charge in [0.15, 0.2) is 5.75 Å². The minimum Gasteiger partial charge on any atom is -0.490 e. The normalized spacial score (nSPS) is 10.5. The number of benzene rings is 1. The Labute approximate surface area is 136 Å². The molecule has 0 bridgehead atoms. The number of nitro benzene ring substituents is 1. The second-order valence-corrected chi connectivity index (χ2v) is 5.05. The molecule has 1 aromatic carbocycles. The minimum absolute atomic E-state index is 0.112. The van der Waals surface area contributed by atoms with Gasteiger partial charge in [0.25, 0.3) is 5.91 Å². The summed E-state index contributed by atoms with van der Waals surface area (Å²) in [5.41, 5.74) is 1.61. The summed E-state index contributed by atoms with van der Waals surface area (Å²) in [5.74, 6) is -0.287. The molecule has 122 valence electrons. The molecule has 0 fully saturated rings. The van der Waals surface area contributed by atoms with Crippen molar-refractivity contribution in [2.45, 2.75) is 6.54 Å². The number of carbonyl (C=O) groups excluding carboxylic acids is 1. The molecule has 0 aliphatic heterocycles. The molecule has 0 aliphatic rings. The van der Waals surface area contributed by atoms with Gasteiger partial charge in [-0.1, -0.05) is 0 Å². The number of nitrogens with one attached hydrogen (secondary N) is 1. The van der Waals surface area contributed by atoms with Crippen molar-refractivity contribution in [3.63, 3.8) is 0 Å². The van der Waals surface area contributed by atoms with Gasteiger partial charge in [0.1, 0.15) is 5.65 Å². The van der Waals surface area contributed by atoms with Crippen LogP contribution in [0, 0.1) is 10.1 Å². The van der Waals surface area contributed by atoms with Crippen molar-refractivity contribution in [3.05, 3.63) is 70.2 Å². The van der Waals surface area contributed by atoms with Crippen molar-refractivity contribution in [1.29, 1.82) is 0 Å². The zero-order chi connectivity index (χ0) is 17.1. The van der Waals surface area contributed by atoms with E-state index in [2.05, 4.69) is 10.3 Å². The number of amides is 1. The zero-order valence-electron chi connectivity index (χ0n) is 12.8. The SMILES string of the molecule is COc1ccc(C(=O)NCc2ccn3ccnc3c2)cc1[N+](=O)[O-]. The smallest absolute Gasteiger partial charge is 0.311 e. The molecule has 0 unspecified atom stereocenters. The largest absolute Gasteiger partial charge is 0.490 e. The van der Waals surface area contributed by atoms with E-state index in [0.29, 0.717) is 6.54 Å². The summed E-state index contributed by atoms with van der Waals surface area (Å²) in [6, 6.07) is 7.82. The Bertz CT molecular complexity index is 919. The fraction of sp³-hybridized carbons (Fsp3) is 0.125. The maximum absolute atomic E-state index is 12.2. The summed E-state index contributed by atoms with van der Waals surface area (Å²) in [6.07, 6.45) is 5.37. The molecule has 3 rings (SSSR count). The highest BCUT2D eigenvalue weighted by Crippen LogP contribution is 2.27. The molecule has 2 aromatic heterocycles. The van der Waals surface area contributed by atoms with Crippen LogP contribution < -0.4 is 10.1 Å². The Morgan fingerprint density at radius 2 is 2.17 bits per heavy atom. The number of carbonyl (C=O) groups is 1. The summed E-state index contributed by atoms with van der Waals surface area (Å²) in [6.45, 7) is 0.294. The number of rotatable bonds is 5. The van der Waals surface area contributed by atoms with Crippen LogP contribution in [0.4, 0.5) is 5.69 Å². The number of pyridine rings is 1. The van der Waals surface area contributed by atoms with E-state index in [9.17, 15) is 14.9 Å². The highest BCUT2D eigenvalue weighted by Gasteiger charge is 2.18. The summed E-state index contributed by atoms with van der Waals surface area (Å²) >= 11 is 0. The lowest BCUT2D eigenvalue weighted by Gasteiger charge is -2.07. The maximum Gasteiger partial charge on any atom is 0.311 e. The van der Waals surface area contributed by atoms with Gasteiger partial charge in [-0.05, 0) is 29.8 Å². The number of aromatic nitrogens is 2. The Balaban J connectivity index is 1.74. The first kappa shape index (κ1) is 15.5. The second-order valence-electron chi connectivity index (χ2n) is 5.05. The first-order valence-electron chi connectivity index (χ1n) is 7.10. The number of methoxy groups -OCH3 is 1. The molecule has 8 heteroatoms. The molecule has 0 aliphatic carbocycles. The van der Waals surface area contributed by atoms with Crippen LogP contribution >= 0.6 is 0 Å². The topological polar surface area (TPSA) is 98.8 Å². The predicted octanol–water partition coefficient (Wildman–Crippen LogP) is 2.18. The second kappa shape index (κ2) is 6.37. The number of fused-ring (bicyclic) bond motifs is 1. The van der Waals surface area contributed by atoms with E-state index in [1.54, 1.807) is 6.20 Å². The monoisotopic (exact) mass is 326 g/mol. The van der Waals surface area contributed by atoms with Crippen molar-refractivity contribution in [3.8, 4) is 5.75 Å². The number of ether oxygens (including phenoxy) is 1. The molecule has 1 N–H and O–H groups in total. The van der Waals surface area contributed by atoms with Gasteiger partial charge in [-0.15, -0.1) is 0 Å². The fourth-order valence-corrected chi connectivity index (χ4v) is 2.32. The minimum atomic E-state index is -0.582. The highest BCUT2D eigenvalue weighted by atomic mass is 16.6. The van der Waals surface area contributed by atoms with E-state index in [4.69, 9.17) is 4.74 Å². The molecule has 0 atom stereocenters. The number of hydrogen-bond acceptors (Lipinski definition) is 5. The van der Waals surface area contributed by atoms with Crippen LogP contribution in [-0.2, 0) is 6.54 Å². The molecule has 0 saturated heterocycles. The van der Waals surface area contributed by atoms with Crippen LogP contribution in [0.15, 0.2) is 48.9 Å². The van der Waals surface area contributed by atoms with Gasteiger partial charge < -0.3 is 14.5 Å². The standard InChI is InChI=1S/C16H14N4O4/c1-24-14-3-2-12(9-13(14)20(22)23)16(21)18-10-11-4-6-19-7-5-17-15(19)8-11/h2-9H,10H2,1H3,(H,18,21). The van der Waals surface area contributed by atoms with Crippen molar-refractivity contribution in [2.75, 3.05) is 7.11 Å². The van der Waals surface area contributed by atoms with E-state index >= 15 is 0 Å². The molecule has 8 nitrogen and oxygen atoms in total. The van der Waals surface area contributed by atoms with Gasteiger partial charge in [-0.25, -0.2) is 4.98 Å². The lowest BCUT2D eigenvalue weighted by molar-refractivity contribution is -0.385. The zero-order valence-corrected chi connectivity index (χ0v) is 12.8. The molecule has 0 radical (unpaired) electrons. The average molecular weight is 326 g/mol. The molecular weight excluding hydrogens is 312 g/mol. The average Bonchev–Trinajstić information content (AvgIpc) is 3.06. The predicted molar refractivity (Wildman–Crippen MR) is 86.0 cm³/mol. The lowest BCUT2D eigenvalue weighted by atomic mass is 10.1. The van der Waals surface area contributed by atoms with Gasteiger partial charge in [-0.3, -0.25) is 14.9 Å². The summed E-state index contributed by atoms with van der Waals surface area (Å²) in [7, 11) is 1.34. The van der Waals surface area contributed by atoms with Crippen LogP contribution in [0.5, 0.6) is 5.75 Å². The van der Waals surface area contributed by atoms with Gasteiger partial charge in [0, 0.05) is 36.8 Å². The number of hydrogen-bond donors (Lipinski definition) is 1. The molecule has 0 saturated carbocycles. The first-order valence-corrected chi connectivity index (χ1v) is 7.10. The van der Waals surface area contributed by atoms with Gasteiger partial charge in [-0.2, -0.15) is 0 Å². The Hall–Kier alpha value is -3.42. The fourth-order valence-electron chi connectivity index (χ4n) is 2.32. The van der Waals surface area contributed by atoms with Crippen LogP contribution in [0.1, 0.15) is 15.9 Å². The molecular formula is C16H14N4O4. The van der Waals surface area contributed by atoms with Crippen molar-refractivity contribution in [1.82, 2.24) is 14.7 Å². The maximum atomic E-state index is 12.2. The van der Waals surface area contributed by atoms with Crippen LogP contribution in [0.2, 0.25) is 0 Å². The Morgan fingerprint density at radius 3 is 2.92 bits per heavy atom. The van der Waals surface area contributed by atoms with E-state index in [1.165, 1.54) is 25.3 Å². The summed E-state index contributed by atoms with van der Waals surface area (Å²) < 4.78 is 6.78. The molecule has 3 aromatic rings. The van der Waals surface area contributed by atoms with Crippen molar-refractivity contribution < 1.29 is 14.5 Å². The van der Waals surface area contributed by atoms with E-state index in [-0.39, 0.29) is 17.0 Å². The molecule has 24 heavy (non-hydrogen) atoms. The van der Waals surface area contributed by atoms with Gasteiger partial charge in [0.05, 0.1) is 12.0 Å². The molecule has 0 spiro atoms. The third kappa shape index (κ3) is 3.02. The van der Waals surface area contributed by atoms with Crippen molar-refractivity contribution in [2.24, 2.45) is 0 Å². The van der Waals surface area contributed by atoms with Crippen LogP contribution in [-0.4, -0.2) is 27.3 Å². The van der Waals surface area contributed by atoms with Gasteiger partial charge in [0.2, 0.25) is 0 Å². The summed E-state index contributed by atoms with van der Waals surface area (Å²) in [4.78, 5) is 26.8. The Kier molecular flexibility index (Phi) is 4.11. The third-order valence-corrected chi connectivity index (χ3v) is 3.55. The third-order valence-electron chi connectivity index (χ3n) is 3.55. The molecule has 2 heterocycles. The van der Waals surface area contributed by atoms with Crippen LogP contribution in [0.25, 0.3) is 5.65 Å². The lowest BCUT2D eigenvalue weighted by Crippen LogP contribution is -2.23. The van der Waals surface area contributed by atoms with Gasteiger partial charge >= 0.3 is 5.69 Å². The van der Waals surface area contributed by atoms with E-state index in [1.807, 2.05) is 28.9 Å². The number of nitrogens with zero attached hydrogens (tertiary/aromatic N) is 3. The quantitative estimate of drug-likeness (QED) is 0.572. The van der Waals surface area contributed by atoms with E-state index in [0.717, 1.165) is 11.2 Å². The first-order chi connectivity index (χ1) is 11.6. The highest BCUT2D eigenvalue weighted by molar-refractivity contribution is 5.95. The summed E-state index contributed by atoms with van der Waals surface area (Å²) in [5, 5.41) is 13.8. The van der Waals surface area contributed by atoms with Crippen molar-refractivity contribution >= 4 is 17.2 Å². The van der Waals surface area contributed by atoms with E-state index < -0.39 is 10.8 Å². The van der Waals surface area contributed by atoms with Crippen LogP contribution in [0.3, 0.4) is 0 Å². The number of imidazole rings is 1. The Morgan fingerprint density at radius 1 is 1.33 bits per heavy atom. The number of nitro groups is 1. The molecule has 1 amide bonds.